The summed E-state index contributed by atoms with van der Waals surface area (Å²) in [6.45, 7) is 1.30. The minimum atomic E-state index is -0.300. The van der Waals surface area contributed by atoms with Crippen LogP contribution in [0.5, 0.6) is 5.75 Å². The van der Waals surface area contributed by atoms with Crippen molar-refractivity contribution in [3.8, 4) is 5.75 Å². The summed E-state index contributed by atoms with van der Waals surface area (Å²) in [5.74, 6) is 0.0975. The molecule has 0 radical (unpaired) electrons. The lowest BCUT2D eigenvalue weighted by Gasteiger charge is -2.13. The van der Waals surface area contributed by atoms with Crippen LogP contribution in [0.25, 0.3) is 0 Å². The maximum atomic E-state index is 12.7. The van der Waals surface area contributed by atoms with Crippen LogP contribution in [-0.4, -0.2) is 31.1 Å². The number of benzene rings is 3. The highest BCUT2D eigenvalue weighted by Crippen LogP contribution is 2.20. The summed E-state index contributed by atoms with van der Waals surface area (Å²) in [5, 5.41) is 5.67. The number of ether oxygens (including phenoxy) is 2. The number of hydrogen-bond donors (Lipinski definition) is 2. The van der Waals surface area contributed by atoms with Crippen molar-refractivity contribution in [1.29, 1.82) is 0 Å². The fourth-order valence-corrected chi connectivity index (χ4v) is 3.37. The molecule has 0 spiro atoms. The van der Waals surface area contributed by atoms with E-state index in [0.29, 0.717) is 34.9 Å². The smallest absolute Gasteiger partial charge is 0.257 e. The first-order chi connectivity index (χ1) is 15.2. The van der Waals surface area contributed by atoms with Crippen LogP contribution in [0.3, 0.4) is 0 Å². The predicted molar refractivity (Wildman–Crippen MR) is 120 cm³/mol. The molecule has 0 aliphatic carbocycles. The molecular formula is C25H24N2O4. The largest absolute Gasteiger partial charge is 0.491 e. The van der Waals surface area contributed by atoms with E-state index in [-0.39, 0.29) is 17.9 Å². The number of carbonyl (C=O) groups is 2. The van der Waals surface area contributed by atoms with Crippen LogP contribution < -0.4 is 15.4 Å². The van der Waals surface area contributed by atoms with E-state index in [1.165, 1.54) is 0 Å². The number of para-hydroxylation sites is 2. The van der Waals surface area contributed by atoms with E-state index in [1.807, 2.05) is 30.3 Å². The second-order valence-corrected chi connectivity index (χ2v) is 7.29. The Bertz CT molecular complexity index is 1030. The van der Waals surface area contributed by atoms with E-state index in [0.717, 1.165) is 19.4 Å². The average molecular weight is 416 g/mol. The highest BCUT2D eigenvalue weighted by molar-refractivity contribution is 6.12. The van der Waals surface area contributed by atoms with Crippen molar-refractivity contribution in [2.45, 2.75) is 18.9 Å². The van der Waals surface area contributed by atoms with Crippen LogP contribution in [0, 0.1) is 0 Å². The summed E-state index contributed by atoms with van der Waals surface area (Å²) in [7, 11) is 0. The number of anilines is 2. The van der Waals surface area contributed by atoms with E-state index < -0.39 is 0 Å². The van der Waals surface area contributed by atoms with E-state index >= 15 is 0 Å². The molecule has 6 heteroatoms. The molecule has 4 rings (SSSR count). The first-order valence-electron chi connectivity index (χ1n) is 10.3. The normalized spacial score (nSPS) is 15.3. The molecule has 1 atom stereocenters. The molecule has 2 amide bonds. The van der Waals surface area contributed by atoms with Crippen molar-refractivity contribution in [3.63, 3.8) is 0 Å². The molecule has 6 nitrogen and oxygen atoms in total. The summed E-state index contributed by atoms with van der Waals surface area (Å²) in [5.41, 5.74) is 1.99. The van der Waals surface area contributed by atoms with Gasteiger partial charge < -0.3 is 20.1 Å². The topological polar surface area (TPSA) is 76.7 Å². The molecule has 1 saturated heterocycles. The number of nitrogens with one attached hydrogen (secondary N) is 2. The molecule has 1 fully saturated rings. The number of rotatable bonds is 7. The molecule has 2 N–H and O–H groups in total. The van der Waals surface area contributed by atoms with Gasteiger partial charge in [0.1, 0.15) is 12.4 Å². The van der Waals surface area contributed by atoms with Gasteiger partial charge in [0.05, 0.1) is 17.4 Å². The van der Waals surface area contributed by atoms with Crippen LogP contribution in [-0.2, 0) is 4.74 Å². The fourth-order valence-electron chi connectivity index (χ4n) is 3.37. The molecule has 1 heterocycles. The molecule has 158 valence electrons. The Kier molecular flexibility index (Phi) is 6.59. The monoisotopic (exact) mass is 416 g/mol. The molecule has 1 aliphatic rings. The van der Waals surface area contributed by atoms with Crippen molar-refractivity contribution in [3.05, 3.63) is 90.0 Å². The summed E-state index contributed by atoms with van der Waals surface area (Å²) >= 11 is 0. The number of amides is 2. The van der Waals surface area contributed by atoms with Crippen LogP contribution in [0.2, 0.25) is 0 Å². The zero-order valence-electron chi connectivity index (χ0n) is 17.0. The van der Waals surface area contributed by atoms with E-state index in [4.69, 9.17) is 9.47 Å². The zero-order chi connectivity index (χ0) is 21.5. The van der Waals surface area contributed by atoms with Crippen LogP contribution in [0.15, 0.2) is 78.9 Å². The van der Waals surface area contributed by atoms with E-state index in [1.54, 1.807) is 48.5 Å². The lowest BCUT2D eigenvalue weighted by Crippen LogP contribution is -2.18. The Labute approximate surface area is 181 Å². The quantitative estimate of drug-likeness (QED) is 0.583. The van der Waals surface area contributed by atoms with Crippen LogP contribution in [0.4, 0.5) is 11.4 Å². The molecule has 1 unspecified atom stereocenters. The maximum absolute atomic E-state index is 12.7. The van der Waals surface area contributed by atoms with Gasteiger partial charge in [0.15, 0.2) is 0 Å². The Balaban J connectivity index is 1.39. The van der Waals surface area contributed by atoms with Crippen LogP contribution >= 0.6 is 0 Å². The third kappa shape index (κ3) is 5.49. The molecule has 0 saturated carbocycles. The fraction of sp³-hybridized carbons (Fsp3) is 0.200. The van der Waals surface area contributed by atoms with Gasteiger partial charge >= 0.3 is 0 Å². The first-order valence-corrected chi connectivity index (χ1v) is 10.3. The Hall–Kier alpha value is -3.64. The Morgan fingerprint density at radius 2 is 1.61 bits per heavy atom. The molecular weight excluding hydrogens is 392 g/mol. The SMILES string of the molecule is O=C(Nc1ccccc1C(=O)Nc1ccccc1)c1ccc(OCC2CCCO2)cc1. The van der Waals surface area contributed by atoms with Gasteiger partial charge in [-0.2, -0.15) is 0 Å². The van der Waals surface area contributed by atoms with E-state index in [9.17, 15) is 9.59 Å². The van der Waals surface area contributed by atoms with Crippen molar-refractivity contribution in [1.82, 2.24) is 0 Å². The Morgan fingerprint density at radius 1 is 0.871 bits per heavy atom. The summed E-state index contributed by atoms with van der Waals surface area (Å²) < 4.78 is 11.3. The summed E-state index contributed by atoms with van der Waals surface area (Å²) in [4.78, 5) is 25.4. The molecule has 3 aromatic rings. The van der Waals surface area contributed by atoms with Gasteiger partial charge in [-0.25, -0.2) is 0 Å². The van der Waals surface area contributed by atoms with Crippen molar-refractivity contribution >= 4 is 23.2 Å². The van der Waals surface area contributed by atoms with Gasteiger partial charge in [-0.3, -0.25) is 9.59 Å². The molecule has 0 bridgehead atoms. The highest BCUT2D eigenvalue weighted by Gasteiger charge is 2.17. The standard InChI is InChI=1S/C25H24N2O4/c28-24(18-12-14-20(15-13-18)31-17-21-9-6-16-30-21)27-23-11-5-4-10-22(23)25(29)26-19-7-2-1-3-8-19/h1-5,7-8,10-15,21H,6,9,16-17H2,(H,26,29)(H,27,28). The van der Waals surface area contributed by atoms with Crippen LogP contribution in [0.1, 0.15) is 33.6 Å². The van der Waals surface area contributed by atoms with Gasteiger partial charge in [0, 0.05) is 17.9 Å². The minimum Gasteiger partial charge on any atom is -0.491 e. The van der Waals surface area contributed by atoms with Gasteiger partial charge in [0.2, 0.25) is 0 Å². The van der Waals surface area contributed by atoms with Crippen molar-refractivity contribution < 1.29 is 19.1 Å². The van der Waals surface area contributed by atoms with Gasteiger partial charge in [0.25, 0.3) is 11.8 Å². The predicted octanol–water partition coefficient (Wildman–Crippen LogP) is 4.75. The second kappa shape index (κ2) is 9.91. The third-order valence-electron chi connectivity index (χ3n) is 5.03. The maximum Gasteiger partial charge on any atom is 0.257 e. The summed E-state index contributed by atoms with van der Waals surface area (Å²) in [6, 6.07) is 23.0. The van der Waals surface area contributed by atoms with E-state index in [2.05, 4.69) is 10.6 Å². The summed E-state index contributed by atoms with van der Waals surface area (Å²) in [6.07, 6.45) is 2.22. The lowest BCUT2D eigenvalue weighted by molar-refractivity contribution is 0.0679. The number of carbonyl (C=O) groups excluding carboxylic acids is 2. The Morgan fingerprint density at radius 3 is 2.35 bits per heavy atom. The molecule has 3 aromatic carbocycles. The average Bonchev–Trinajstić information content (AvgIpc) is 3.33. The lowest BCUT2D eigenvalue weighted by atomic mass is 10.1. The minimum absolute atomic E-state index is 0.140. The second-order valence-electron chi connectivity index (χ2n) is 7.29. The van der Waals surface area contributed by atoms with Crippen molar-refractivity contribution in [2.24, 2.45) is 0 Å². The van der Waals surface area contributed by atoms with Gasteiger partial charge in [-0.05, 0) is 61.4 Å². The molecule has 31 heavy (non-hydrogen) atoms. The first kappa shape index (κ1) is 20.6. The highest BCUT2D eigenvalue weighted by atomic mass is 16.5. The zero-order valence-corrected chi connectivity index (χ0v) is 17.0. The van der Waals surface area contributed by atoms with Crippen molar-refractivity contribution in [2.75, 3.05) is 23.8 Å². The van der Waals surface area contributed by atoms with Gasteiger partial charge in [-0.15, -0.1) is 0 Å². The molecule has 0 aromatic heterocycles. The third-order valence-corrected chi connectivity index (χ3v) is 5.03. The number of hydrogen-bond acceptors (Lipinski definition) is 4. The molecule has 1 aliphatic heterocycles. The van der Waals surface area contributed by atoms with Gasteiger partial charge in [-0.1, -0.05) is 30.3 Å².